The Morgan fingerprint density at radius 3 is 2.74 bits per heavy atom. The predicted molar refractivity (Wildman–Crippen MR) is 74.3 cm³/mol. The zero-order valence-electron chi connectivity index (χ0n) is 11.3. The quantitative estimate of drug-likeness (QED) is 0.824. The molecular formula is C15H21FN2O. The first-order valence-electron chi connectivity index (χ1n) is 6.94. The Morgan fingerprint density at radius 2 is 2.05 bits per heavy atom. The summed E-state index contributed by atoms with van der Waals surface area (Å²) >= 11 is 0. The van der Waals surface area contributed by atoms with Crippen molar-refractivity contribution in [2.24, 2.45) is 5.92 Å². The minimum atomic E-state index is -0.544. The molecule has 3 nitrogen and oxygen atoms in total. The fourth-order valence-corrected chi connectivity index (χ4v) is 2.77. The third-order valence-electron chi connectivity index (χ3n) is 4.01. The highest BCUT2D eigenvalue weighted by molar-refractivity contribution is 5.99. The Morgan fingerprint density at radius 1 is 1.37 bits per heavy atom. The molecule has 104 valence electrons. The molecule has 1 aliphatic rings. The van der Waals surface area contributed by atoms with E-state index in [1.807, 2.05) is 6.92 Å². The third kappa shape index (κ3) is 3.25. The summed E-state index contributed by atoms with van der Waals surface area (Å²) in [6.45, 7) is 2.02. The topological polar surface area (TPSA) is 55.1 Å². The molecule has 1 fully saturated rings. The Hall–Kier alpha value is -1.58. The zero-order chi connectivity index (χ0) is 13.8. The van der Waals surface area contributed by atoms with Crippen molar-refractivity contribution in [1.82, 2.24) is 5.32 Å². The second-order valence-corrected chi connectivity index (χ2v) is 5.36. The molecule has 1 aromatic carbocycles. The Kier molecular flexibility index (Phi) is 4.40. The largest absolute Gasteiger partial charge is 0.396 e. The van der Waals surface area contributed by atoms with Gasteiger partial charge >= 0.3 is 0 Å². The van der Waals surface area contributed by atoms with Crippen LogP contribution < -0.4 is 11.1 Å². The van der Waals surface area contributed by atoms with E-state index in [0.29, 0.717) is 5.92 Å². The molecule has 1 atom stereocenters. The van der Waals surface area contributed by atoms with Gasteiger partial charge in [0.15, 0.2) is 0 Å². The van der Waals surface area contributed by atoms with Gasteiger partial charge < -0.3 is 11.1 Å². The number of carbonyl (C=O) groups is 1. The van der Waals surface area contributed by atoms with Gasteiger partial charge in [0.05, 0.1) is 11.3 Å². The van der Waals surface area contributed by atoms with E-state index in [0.717, 1.165) is 12.8 Å². The summed E-state index contributed by atoms with van der Waals surface area (Å²) < 4.78 is 13.3. The van der Waals surface area contributed by atoms with Crippen LogP contribution in [0.1, 0.15) is 49.4 Å². The Bertz CT molecular complexity index is 455. The summed E-state index contributed by atoms with van der Waals surface area (Å²) in [6.07, 6.45) is 6.05. The molecule has 1 aromatic rings. The molecular weight excluding hydrogens is 243 g/mol. The number of nitrogen functional groups attached to an aromatic ring is 1. The number of halogens is 1. The number of hydrogen-bond acceptors (Lipinski definition) is 2. The smallest absolute Gasteiger partial charge is 0.253 e. The van der Waals surface area contributed by atoms with E-state index in [-0.39, 0.29) is 23.2 Å². The van der Waals surface area contributed by atoms with Crippen LogP contribution in [0, 0.1) is 11.7 Å². The molecule has 0 spiro atoms. The number of carbonyl (C=O) groups excluding carboxylic acids is 1. The summed E-state index contributed by atoms with van der Waals surface area (Å²) in [4.78, 5) is 12.1. The number of para-hydroxylation sites is 1. The minimum absolute atomic E-state index is 0.0733. The normalized spacial score (nSPS) is 18.0. The second-order valence-electron chi connectivity index (χ2n) is 5.36. The number of nitrogens with two attached hydrogens (primary N) is 1. The summed E-state index contributed by atoms with van der Waals surface area (Å²) in [5, 5.41) is 2.95. The number of benzene rings is 1. The van der Waals surface area contributed by atoms with Crippen LogP contribution in [-0.2, 0) is 0 Å². The molecule has 0 aliphatic heterocycles. The van der Waals surface area contributed by atoms with Crippen molar-refractivity contribution in [3.63, 3.8) is 0 Å². The maximum absolute atomic E-state index is 13.3. The molecule has 0 bridgehead atoms. The number of amides is 1. The highest BCUT2D eigenvalue weighted by Crippen LogP contribution is 2.26. The van der Waals surface area contributed by atoms with E-state index in [2.05, 4.69) is 5.32 Å². The maximum Gasteiger partial charge on any atom is 0.253 e. The third-order valence-corrected chi connectivity index (χ3v) is 4.01. The average molecular weight is 264 g/mol. The van der Waals surface area contributed by atoms with Crippen molar-refractivity contribution in [3.8, 4) is 0 Å². The van der Waals surface area contributed by atoms with E-state index < -0.39 is 5.82 Å². The van der Waals surface area contributed by atoms with E-state index in [4.69, 9.17) is 5.73 Å². The van der Waals surface area contributed by atoms with Crippen LogP contribution in [0.25, 0.3) is 0 Å². The van der Waals surface area contributed by atoms with Crippen LogP contribution >= 0.6 is 0 Å². The van der Waals surface area contributed by atoms with Gasteiger partial charge in [0.1, 0.15) is 5.82 Å². The van der Waals surface area contributed by atoms with Gasteiger partial charge in [-0.05, 0) is 37.8 Å². The van der Waals surface area contributed by atoms with Crippen molar-refractivity contribution in [2.45, 2.75) is 45.1 Å². The lowest BCUT2D eigenvalue weighted by atomic mass is 9.84. The minimum Gasteiger partial charge on any atom is -0.396 e. The van der Waals surface area contributed by atoms with Gasteiger partial charge in [-0.1, -0.05) is 25.3 Å². The van der Waals surface area contributed by atoms with Gasteiger partial charge in [-0.25, -0.2) is 4.39 Å². The summed E-state index contributed by atoms with van der Waals surface area (Å²) in [7, 11) is 0. The SMILES string of the molecule is C[C@H](NC(=O)c1cccc(F)c1N)C1CCCCC1. The zero-order valence-corrected chi connectivity index (χ0v) is 11.3. The van der Waals surface area contributed by atoms with Crippen molar-refractivity contribution in [2.75, 3.05) is 5.73 Å². The highest BCUT2D eigenvalue weighted by Gasteiger charge is 2.22. The first-order chi connectivity index (χ1) is 9.09. The summed E-state index contributed by atoms with van der Waals surface area (Å²) in [6, 6.07) is 4.43. The summed E-state index contributed by atoms with van der Waals surface area (Å²) in [5.74, 6) is -0.305. The molecule has 0 heterocycles. The van der Waals surface area contributed by atoms with Gasteiger partial charge in [-0.2, -0.15) is 0 Å². The van der Waals surface area contributed by atoms with Gasteiger partial charge in [0.25, 0.3) is 5.91 Å². The van der Waals surface area contributed by atoms with E-state index >= 15 is 0 Å². The monoisotopic (exact) mass is 264 g/mol. The Labute approximate surface area is 113 Å². The number of nitrogens with one attached hydrogen (secondary N) is 1. The average Bonchev–Trinajstić information content (AvgIpc) is 2.42. The number of rotatable bonds is 3. The second kappa shape index (κ2) is 6.04. The molecule has 0 radical (unpaired) electrons. The first-order valence-corrected chi connectivity index (χ1v) is 6.94. The predicted octanol–water partition coefficient (Wildman–Crippen LogP) is 3.11. The summed E-state index contributed by atoms with van der Waals surface area (Å²) in [5.41, 5.74) is 5.75. The molecule has 1 aliphatic carbocycles. The van der Waals surface area contributed by atoms with Crippen LogP contribution in [0.3, 0.4) is 0 Å². The first kappa shape index (κ1) is 13.8. The molecule has 2 rings (SSSR count). The molecule has 3 N–H and O–H groups in total. The van der Waals surface area contributed by atoms with Crippen LogP contribution in [0.4, 0.5) is 10.1 Å². The number of hydrogen-bond donors (Lipinski definition) is 2. The van der Waals surface area contributed by atoms with Crippen molar-refractivity contribution in [1.29, 1.82) is 0 Å². The van der Waals surface area contributed by atoms with Crippen LogP contribution in [0.5, 0.6) is 0 Å². The molecule has 19 heavy (non-hydrogen) atoms. The molecule has 0 saturated heterocycles. The van der Waals surface area contributed by atoms with Crippen LogP contribution in [0.15, 0.2) is 18.2 Å². The van der Waals surface area contributed by atoms with Gasteiger partial charge in [-0.3, -0.25) is 4.79 Å². The standard InChI is InChI=1S/C15H21FN2O/c1-10(11-6-3-2-4-7-11)18-15(19)12-8-5-9-13(16)14(12)17/h5,8-11H,2-4,6-7,17H2,1H3,(H,18,19)/t10-/m0/s1. The van der Waals surface area contributed by atoms with E-state index in [1.54, 1.807) is 6.07 Å². The van der Waals surface area contributed by atoms with Crippen molar-refractivity contribution in [3.05, 3.63) is 29.6 Å². The van der Waals surface area contributed by atoms with Crippen molar-refractivity contribution >= 4 is 11.6 Å². The highest BCUT2D eigenvalue weighted by atomic mass is 19.1. The molecule has 0 aromatic heterocycles. The van der Waals surface area contributed by atoms with Crippen molar-refractivity contribution < 1.29 is 9.18 Å². The lowest BCUT2D eigenvalue weighted by Crippen LogP contribution is -2.39. The van der Waals surface area contributed by atoms with Gasteiger partial charge in [0, 0.05) is 6.04 Å². The van der Waals surface area contributed by atoms with Gasteiger partial charge in [-0.15, -0.1) is 0 Å². The van der Waals surface area contributed by atoms with E-state index in [9.17, 15) is 9.18 Å². The van der Waals surface area contributed by atoms with Crippen LogP contribution in [-0.4, -0.2) is 11.9 Å². The molecule has 0 unspecified atom stereocenters. The Balaban J connectivity index is 2.02. The molecule has 1 amide bonds. The lowest BCUT2D eigenvalue weighted by molar-refractivity contribution is 0.0920. The van der Waals surface area contributed by atoms with E-state index in [1.165, 1.54) is 31.4 Å². The fourth-order valence-electron chi connectivity index (χ4n) is 2.77. The van der Waals surface area contributed by atoms with Crippen LogP contribution in [0.2, 0.25) is 0 Å². The number of anilines is 1. The molecule has 1 saturated carbocycles. The van der Waals surface area contributed by atoms with Gasteiger partial charge in [0.2, 0.25) is 0 Å². The maximum atomic E-state index is 13.3. The lowest BCUT2D eigenvalue weighted by Gasteiger charge is -2.28. The molecule has 4 heteroatoms. The fraction of sp³-hybridized carbons (Fsp3) is 0.533.